The maximum Gasteiger partial charge on any atom is 0.225 e. The largest absolute Gasteiger partial charge is 0.352 e. The summed E-state index contributed by atoms with van der Waals surface area (Å²) in [6.07, 6.45) is 5.88. The average Bonchev–Trinajstić information content (AvgIpc) is 2.81. The highest BCUT2D eigenvalue weighted by Crippen LogP contribution is 2.29. The van der Waals surface area contributed by atoms with Crippen molar-refractivity contribution in [3.63, 3.8) is 0 Å². The van der Waals surface area contributed by atoms with E-state index in [0.717, 1.165) is 25.8 Å². The standard InChI is InChI=1S/C15H29N3O/c1-11-6-5-7-13(16)14(11)15(19)17-12(2)10-18-8-3-4-9-18/h11-14H,3-10,16H2,1-2H3,(H,17,19). The van der Waals surface area contributed by atoms with Gasteiger partial charge in [0.25, 0.3) is 0 Å². The number of nitrogens with one attached hydrogen (secondary N) is 1. The molecule has 2 fully saturated rings. The molecule has 0 spiro atoms. The van der Waals surface area contributed by atoms with E-state index in [1.165, 1.54) is 25.9 Å². The highest BCUT2D eigenvalue weighted by Gasteiger charge is 2.34. The highest BCUT2D eigenvalue weighted by molar-refractivity contribution is 5.80. The lowest BCUT2D eigenvalue weighted by Crippen LogP contribution is -2.51. The van der Waals surface area contributed by atoms with Gasteiger partial charge in [-0.1, -0.05) is 13.3 Å². The molecular weight excluding hydrogens is 238 g/mol. The molecule has 4 atom stereocenters. The van der Waals surface area contributed by atoms with Gasteiger partial charge < -0.3 is 16.0 Å². The van der Waals surface area contributed by atoms with Crippen LogP contribution < -0.4 is 11.1 Å². The van der Waals surface area contributed by atoms with E-state index in [9.17, 15) is 4.79 Å². The van der Waals surface area contributed by atoms with E-state index < -0.39 is 0 Å². The number of likely N-dealkylation sites (tertiary alicyclic amines) is 1. The Hall–Kier alpha value is -0.610. The van der Waals surface area contributed by atoms with E-state index in [2.05, 4.69) is 24.1 Å². The Morgan fingerprint density at radius 1 is 1.32 bits per heavy atom. The van der Waals surface area contributed by atoms with Gasteiger partial charge in [0.15, 0.2) is 0 Å². The predicted octanol–water partition coefficient (Wildman–Crippen LogP) is 1.35. The molecule has 19 heavy (non-hydrogen) atoms. The van der Waals surface area contributed by atoms with Gasteiger partial charge in [0.2, 0.25) is 5.91 Å². The topological polar surface area (TPSA) is 58.4 Å². The fraction of sp³-hybridized carbons (Fsp3) is 0.933. The molecule has 0 aromatic heterocycles. The van der Waals surface area contributed by atoms with Crippen molar-refractivity contribution >= 4 is 5.91 Å². The zero-order valence-electron chi connectivity index (χ0n) is 12.4. The van der Waals surface area contributed by atoms with Gasteiger partial charge in [-0.2, -0.15) is 0 Å². The summed E-state index contributed by atoms with van der Waals surface area (Å²) in [7, 11) is 0. The summed E-state index contributed by atoms with van der Waals surface area (Å²) in [5, 5.41) is 3.18. The first-order chi connectivity index (χ1) is 9.08. The molecule has 4 unspecified atom stereocenters. The second kappa shape index (κ2) is 6.71. The average molecular weight is 267 g/mol. The third-order valence-electron chi connectivity index (χ3n) is 4.69. The Balaban J connectivity index is 1.81. The number of carbonyl (C=O) groups excluding carboxylic acids is 1. The number of hydrogen-bond acceptors (Lipinski definition) is 3. The van der Waals surface area contributed by atoms with Crippen LogP contribution in [0.25, 0.3) is 0 Å². The van der Waals surface area contributed by atoms with Gasteiger partial charge in [-0.15, -0.1) is 0 Å². The maximum atomic E-state index is 12.4. The summed E-state index contributed by atoms with van der Waals surface area (Å²) in [4.78, 5) is 14.8. The van der Waals surface area contributed by atoms with Crippen LogP contribution in [0.2, 0.25) is 0 Å². The van der Waals surface area contributed by atoms with Gasteiger partial charge in [0.1, 0.15) is 0 Å². The molecule has 3 N–H and O–H groups in total. The van der Waals surface area contributed by atoms with Crippen LogP contribution in [-0.2, 0) is 4.79 Å². The number of rotatable bonds is 4. The van der Waals surface area contributed by atoms with Crippen molar-refractivity contribution < 1.29 is 4.79 Å². The van der Waals surface area contributed by atoms with Crippen LogP contribution in [0.5, 0.6) is 0 Å². The monoisotopic (exact) mass is 267 g/mol. The number of nitrogens with two attached hydrogens (primary N) is 1. The number of nitrogens with zero attached hydrogens (tertiary/aromatic N) is 1. The minimum atomic E-state index is 0.00905. The van der Waals surface area contributed by atoms with Crippen molar-refractivity contribution in [2.24, 2.45) is 17.6 Å². The molecule has 0 radical (unpaired) electrons. The van der Waals surface area contributed by atoms with Crippen LogP contribution in [0.1, 0.15) is 46.0 Å². The lowest BCUT2D eigenvalue weighted by atomic mass is 9.76. The summed E-state index contributed by atoms with van der Waals surface area (Å²) in [5.74, 6) is 0.601. The van der Waals surface area contributed by atoms with Crippen molar-refractivity contribution in [1.82, 2.24) is 10.2 Å². The van der Waals surface area contributed by atoms with Crippen LogP contribution in [0, 0.1) is 11.8 Å². The van der Waals surface area contributed by atoms with E-state index in [-0.39, 0.29) is 23.9 Å². The molecule has 4 heteroatoms. The van der Waals surface area contributed by atoms with Gasteiger partial charge >= 0.3 is 0 Å². The molecule has 0 aromatic rings. The van der Waals surface area contributed by atoms with Crippen LogP contribution in [0.15, 0.2) is 0 Å². The van der Waals surface area contributed by atoms with Crippen molar-refractivity contribution in [2.75, 3.05) is 19.6 Å². The summed E-state index contributed by atoms with van der Waals surface area (Å²) >= 11 is 0. The third-order valence-corrected chi connectivity index (χ3v) is 4.69. The fourth-order valence-corrected chi connectivity index (χ4v) is 3.65. The Bertz CT molecular complexity index is 292. The molecule has 1 amide bonds. The quantitative estimate of drug-likeness (QED) is 0.808. The molecule has 1 aliphatic carbocycles. The van der Waals surface area contributed by atoms with Crippen LogP contribution in [0.4, 0.5) is 0 Å². The van der Waals surface area contributed by atoms with Crippen LogP contribution in [0.3, 0.4) is 0 Å². The van der Waals surface area contributed by atoms with E-state index in [1.54, 1.807) is 0 Å². The normalized spacial score (nSPS) is 34.2. The minimum absolute atomic E-state index is 0.00905. The van der Waals surface area contributed by atoms with Gasteiger partial charge in [-0.25, -0.2) is 0 Å². The van der Waals surface area contributed by atoms with Crippen LogP contribution >= 0.6 is 0 Å². The first-order valence-electron chi connectivity index (χ1n) is 7.86. The van der Waals surface area contributed by atoms with E-state index in [0.29, 0.717) is 5.92 Å². The van der Waals surface area contributed by atoms with Crippen LogP contribution in [-0.4, -0.2) is 42.5 Å². The Labute approximate surface area is 117 Å². The molecule has 1 saturated heterocycles. The number of amides is 1. The van der Waals surface area contributed by atoms with Crippen molar-refractivity contribution in [1.29, 1.82) is 0 Å². The summed E-state index contributed by atoms with van der Waals surface area (Å²) in [6.45, 7) is 7.60. The van der Waals surface area contributed by atoms with Gasteiger partial charge in [-0.3, -0.25) is 4.79 Å². The second-order valence-corrected chi connectivity index (χ2v) is 6.52. The maximum absolute atomic E-state index is 12.4. The Kier molecular flexibility index (Phi) is 5.22. The summed E-state index contributed by atoms with van der Waals surface area (Å²) in [6, 6.07) is 0.273. The zero-order valence-corrected chi connectivity index (χ0v) is 12.4. The van der Waals surface area contributed by atoms with Crippen molar-refractivity contribution in [2.45, 2.75) is 58.0 Å². The molecule has 4 nitrogen and oxygen atoms in total. The van der Waals surface area contributed by atoms with Gasteiger partial charge in [-0.05, 0) is 51.6 Å². The van der Waals surface area contributed by atoms with E-state index in [4.69, 9.17) is 5.73 Å². The summed E-state index contributed by atoms with van der Waals surface area (Å²) in [5.41, 5.74) is 6.14. The van der Waals surface area contributed by atoms with Crippen molar-refractivity contribution in [3.05, 3.63) is 0 Å². The number of carbonyl (C=O) groups is 1. The molecule has 2 rings (SSSR count). The highest BCUT2D eigenvalue weighted by atomic mass is 16.2. The van der Waals surface area contributed by atoms with Crippen molar-refractivity contribution in [3.8, 4) is 0 Å². The molecular formula is C15H29N3O. The number of hydrogen-bond donors (Lipinski definition) is 2. The molecule has 1 saturated carbocycles. The lowest BCUT2D eigenvalue weighted by molar-refractivity contribution is -0.128. The molecule has 2 aliphatic rings. The Morgan fingerprint density at radius 3 is 2.63 bits per heavy atom. The third kappa shape index (κ3) is 3.93. The summed E-state index contributed by atoms with van der Waals surface area (Å²) < 4.78 is 0. The zero-order chi connectivity index (χ0) is 13.8. The molecule has 0 aromatic carbocycles. The fourth-order valence-electron chi connectivity index (χ4n) is 3.65. The second-order valence-electron chi connectivity index (χ2n) is 6.52. The van der Waals surface area contributed by atoms with Gasteiger partial charge in [0, 0.05) is 18.6 Å². The molecule has 1 aliphatic heterocycles. The lowest BCUT2D eigenvalue weighted by Gasteiger charge is -2.34. The Morgan fingerprint density at radius 2 is 2.00 bits per heavy atom. The van der Waals surface area contributed by atoms with E-state index in [1.807, 2.05) is 0 Å². The molecule has 1 heterocycles. The van der Waals surface area contributed by atoms with E-state index >= 15 is 0 Å². The minimum Gasteiger partial charge on any atom is -0.352 e. The van der Waals surface area contributed by atoms with Gasteiger partial charge in [0.05, 0.1) is 5.92 Å². The molecule has 0 bridgehead atoms. The smallest absolute Gasteiger partial charge is 0.225 e. The first kappa shape index (κ1) is 14.8. The SMILES string of the molecule is CC(CN1CCCC1)NC(=O)C1C(C)CCCC1N. The first-order valence-corrected chi connectivity index (χ1v) is 7.86. The predicted molar refractivity (Wildman–Crippen MR) is 77.8 cm³/mol. The molecule has 110 valence electrons.